The fraction of sp³-hybridized carbons (Fsp3) is 0.308. The van der Waals surface area contributed by atoms with E-state index in [0.717, 1.165) is 23.5 Å². The van der Waals surface area contributed by atoms with Crippen molar-refractivity contribution in [3.05, 3.63) is 34.0 Å². The average Bonchev–Trinajstić information content (AvgIpc) is 3.12. The predicted octanol–water partition coefficient (Wildman–Crippen LogP) is 0.573. The molecule has 3 N–H and O–H groups in total. The molecule has 0 aliphatic carbocycles. The highest BCUT2D eigenvalue weighted by Gasteiger charge is 2.07. The first-order valence-corrected chi connectivity index (χ1v) is 6.93. The maximum Gasteiger partial charge on any atom is 0.261 e. The first-order chi connectivity index (χ1) is 9.79. The highest BCUT2D eigenvalue weighted by molar-refractivity contribution is 7.14. The molecule has 0 spiro atoms. The Kier molecular flexibility index (Phi) is 5.29. The lowest BCUT2D eigenvalue weighted by molar-refractivity contribution is 0.0957. The van der Waals surface area contributed by atoms with Gasteiger partial charge in [-0.2, -0.15) is 5.10 Å². The van der Waals surface area contributed by atoms with Crippen LogP contribution in [0.2, 0.25) is 0 Å². The summed E-state index contributed by atoms with van der Waals surface area (Å²) in [7, 11) is 0. The van der Waals surface area contributed by atoms with Crippen LogP contribution < -0.4 is 5.32 Å². The first-order valence-electron chi connectivity index (χ1n) is 6.11. The van der Waals surface area contributed by atoms with Gasteiger partial charge in [-0.1, -0.05) is 11.8 Å². The molecule has 0 saturated carbocycles. The van der Waals surface area contributed by atoms with E-state index < -0.39 is 0 Å². The van der Waals surface area contributed by atoms with Gasteiger partial charge in [0.25, 0.3) is 5.91 Å². The van der Waals surface area contributed by atoms with Crippen LogP contribution in [0.25, 0.3) is 0 Å². The van der Waals surface area contributed by atoms with Crippen LogP contribution in [0, 0.1) is 11.8 Å². The van der Waals surface area contributed by atoms with Gasteiger partial charge in [0.15, 0.2) is 0 Å². The number of rotatable bonds is 5. The number of carbonyl (C=O) groups is 1. The molecule has 0 aliphatic rings. The molecule has 0 bridgehead atoms. The minimum atomic E-state index is -0.179. The summed E-state index contributed by atoms with van der Waals surface area (Å²) in [5.41, 5.74) is 0. The Bertz CT molecular complexity index is 610. The van der Waals surface area contributed by atoms with E-state index in [4.69, 9.17) is 5.11 Å². The van der Waals surface area contributed by atoms with Gasteiger partial charge in [0.2, 0.25) is 0 Å². The number of aryl methyl sites for hydroxylation is 1. The monoisotopic (exact) mass is 290 g/mol. The van der Waals surface area contributed by atoms with Crippen molar-refractivity contribution in [1.29, 1.82) is 0 Å². The Labute approximate surface area is 120 Å². The molecule has 6 nitrogen and oxygen atoms in total. The van der Waals surface area contributed by atoms with Gasteiger partial charge in [-0.05, 0) is 18.6 Å². The van der Waals surface area contributed by atoms with Crippen LogP contribution in [-0.4, -0.2) is 39.3 Å². The average molecular weight is 290 g/mol. The summed E-state index contributed by atoms with van der Waals surface area (Å²) in [6, 6.07) is 3.51. The minimum Gasteiger partial charge on any atom is -0.384 e. The fourth-order valence-corrected chi connectivity index (χ4v) is 2.35. The molecule has 104 valence electrons. The van der Waals surface area contributed by atoms with Crippen molar-refractivity contribution in [3.8, 4) is 11.8 Å². The highest BCUT2D eigenvalue weighted by Crippen LogP contribution is 2.15. The van der Waals surface area contributed by atoms with Crippen LogP contribution in [0.3, 0.4) is 0 Å². The van der Waals surface area contributed by atoms with E-state index in [-0.39, 0.29) is 12.5 Å². The molecule has 2 heterocycles. The number of aromatic nitrogens is 3. The van der Waals surface area contributed by atoms with Crippen LogP contribution in [0.15, 0.2) is 18.5 Å². The maximum absolute atomic E-state index is 11.9. The summed E-state index contributed by atoms with van der Waals surface area (Å²) in [6.45, 7) is 0.399. The second-order valence-electron chi connectivity index (χ2n) is 3.92. The van der Waals surface area contributed by atoms with Crippen molar-refractivity contribution in [1.82, 2.24) is 20.5 Å². The lowest BCUT2D eigenvalue weighted by Gasteiger charge is -2.01. The van der Waals surface area contributed by atoms with Gasteiger partial charge in [-0.3, -0.25) is 9.89 Å². The Morgan fingerprint density at radius 2 is 2.40 bits per heavy atom. The molecule has 7 heteroatoms. The molecule has 0 unspecified atom stereocenters. The molecular weight excluding hydrogens is 276 g/mol. The molecule has 2 aromatic rings. The molecule has 0 aliphatic heterocycles. The number of nitrogens with zero attached hydrogens (tertiary/aromatic N) is 2. The van der Waals surface area contributed by atoms with E-state index in [0.29, 0.717) is 11.4 Å². The molecule has 2 rings (SSSR count). The van der Waals surface area contributed by atoms with E-state index >= 15 is 0 Å². The molecule has 0 atom stereocenters. The predicted molar refractivity (Wildman–Crippen MR) is 75.3 cm³/mol. The Balaban J connectivity index is 1.75. The number of aliphatic hydroxyl groups is 1. The molecule has 2 aromatic heterocycles. The summed E-state index contributed by atoms with van der Waals surface area (Å²) in [4.78, 5) is 17.3. The Hall–Kier alpha value is -2.17. The number of H-pyrrole nitrogens is 1. The van der Waals surface area contributed by atoms with E-state index in [9.17, 15) is 4.79 Å². The normalized spacial score (nSPS) is 9.85. The molecule has 20 heavy (non-hydrogen) atoms. The van der Waals surface area contributed by atoms with Crippen LogP contribution in [0.1, 0.15) is 26.8 Å². The van der Waals surface area contributed by atoms with Gasteiger partial charge >= 0.3 is 0 Å². The van der Waals surface area contributed by atoms with Crippen LogP contribution >= 0.6 is 11.3 Å². The first kappa shape index (κ1) is 14.2. The van der Waals surface area contributed by atoms with Crippen molar-refractivity contribution in [2.75, 3.05) is 13.2 Å². The summed E-state index contributed by atoms with van der Waals surface area (Å²) in [5, 5.41) is 18.0. The smallest absolute Gasteiger partial charge is 0.261 e. The third-order valence-corrected chi connectivity index (χ3v) is 3.46. The van der Waals surface area contributed by atoms with Gasteiger partial charge in [0.1, 0.15) is 18.8 Å². The van der Waals surface area contributed by atoms with Crippen molar-refractivity contribution >= 4 is 17.2 Å². The highest BCUT2D eigenvalue weighted by atomic mass is 32.1. The van der Waals surface area contributed by atoms with Gasteiger partial charge in [0, 0.05) is 13.0 Å². The number of aromatic amines is 1. The number of hydrogen-bond acceptors (Lipinski definition) is 5. The van der Waals surface area contributed by atoms with Gasteiger partial charge < -0.3 is 10.4 Å². The van der Waals surface area contributed by atoms with E-state index in [1.54, 1.807) is 12.1 Å². The zero-order valence-electron chi connectivity index (χ0n) is 10.7. The number of amides is 1. The lowest BCUT2D eigenvalue weighted by Crippen LogP contribution is -2.23. The van der Waals surface area contributed by atoms with Crippen molar-refractivity contribution in [2.45, 2.75) is 12.8 Å². The standard InChI is InChI=1S/C13H14N4O2S/c18-8-2-3-10-5-6-11(20-10)13(19)14-7-1-4-12-15-9-16-17-12/h5-6,9,18H,1,4,7-8H2,(H,14,19)(H,15,16,17). The number of hydrogen-bond donors (Lipinski definition) is 3. The fourth-order valence-electron chi connectivity index (χ4n) is 1.55. The molecule has 0 fully saturated rings. The summed E-state index contributed by atoms with van der Waals surface area (Å²) >= 11 is 1.31. The second-order valence-corrected chi connectivity index (χ2v) is 5.00. The summed E-state index contributed by atoms with van der Waals surface area (Å²) < 4.78 is 0. The zero-order valence-corrected chi connectivity index (χ0v) is 11.5. The lowest BCUT2D eigenvalue weighted by atomic mass is 10.3. The number of aliphatic hydroxyl groups excluding tert-OH is 1. The quantitative estimate of drug-likeness (QED) is 0.555. The Morgan fingerprint density at radius 3 is 3.15 bits per heavy atom. The Morgan fingerprint density at radius 1 is 1.50 bits per heavy atom. The number of carbonyl (C=O) groups excluding carboxylic acids is 1. The van der Waals surface area contributed by atoms with Crippen molar-refractivity contribution in [2.24, 2.45) is 0 Å². The molecule has 0 radical (unpaired) electrons. The van der Waals surface area contributed by atoms with E-state index in [1.807, 2.05) is 0 Å². The second kappa shape index (κ2) is 7.43. The van der Waals surface area contributed by atoms with E-state index in [2.05, 4.69) is 32.3 Å². The minimum absolute atomic E-state index is 0.107. The van der Waals surface area contributed by atoms with Crippen molar-refractivity contribution in [3.63, 3.8) is 0 Å². The largest absolute Gasteiger partial charge is 0.384 e. The summed E-state index contributed by atoms with van der Waals surface area (Å²) in [5.74, 6) is 6.04. The number of thiophene rings is 1. The summed E-state index contributed by atoms with van der Waals surface area (Å²) in [6.07, 6.45) is 3.01. The molecule has 1 amide bonds. The van der Waals surface area contributed by atoms with Crippen molar-refractivity contribution < 1.29 is 9.90 Å². The number of nitrogens with one attached hydrogen (secondary N) is 2. The molecule has 0 saturated heterocycles. The van der Waals surface area contributed by atoms with Crippen LogP contribution in [0.4, 0.5) is 0 Å². The van der Waals surface area contributed by atoms with Crippen LogP contribution in [0.5, 0.6) is 0 Å². The van der Waals surface area contributed by atoms with Gasteiger partial charge in [-0.25, -0.2) is 4.98 Å². The van der Waals surface area contributed by atoms with Crippen LogP contribution in [-0.2, 0) is 6.42 Å². The molecule has 0 aromatic carbocycles. The third kappa shape index (κ3) is 4.19. The third-order valence-electron chi connectivity index (χ3n) is 2.46. The van der Waals surface area contributed by atoms with Gasteiger partial charge in [0.05, 0.1) is 9.75 Å². The van der Waals surface area contributed by atoms with E-state index in [1.165, 1.54) is 17.7 Å². The van der Waals surface area contributed by atoms with Gasteiger partial charge in [-0.15, -0.1) is 11.3 Å². The molecular formula is C13H14N4O2S. The SMILES string of the molecule is O=C(NCCCc1ncn[nH]1)c1ccc(C#CCO)s1. The topological polar surface area (TPSA) is 90.9 Å². The zero-order chi connectivity index (χ0) is 14.2. The maximum atomic E-state index is 11.9.